The predicted molar refractivity (Wildman–Crippen MR) is 116 cm³/mol. The third-order valence-electron chi connectivity index (χ3n) is 4.13. The van der Waals surface area contributed by atoms with Crippen LogP contribution in [-0.2, 0) is 9.59 Å². The summed E-state index contributed by atoms with van der Waals surface area (Å²) in [5.74, 6) is -2.31. The van der Waals surface area contributed by atoms with Gasteiger partial charge in [-0.3, -0.25) is 0 Å². The van der Waals surface area contributed by atoms with Crippen molar-refractivity contribution in [2.75, 3.05) is 41.0 Å². The lowest BCUT2D eigenvalue weighted by molar-refractivity contribution is -0.876. The highest BCUT2D eigenvalue weighted by Gasteiger charge is 2.15. The molecule has 0 aliphatic carbocycles. The zero-order chi connectivity index (χ0) is 23.9. The van der Waals surface area contributed by atoms with Gasteiger partial charge in [-0.15, -0.1) is 0 Å². The average Bonchev–Trinajstić information content (AvgIpc) is 2.78. The number of carbonyl (C=O) groups is 2. The Morgan fingerprint density at radius 3 is 2.25 bits per heavy atom. The van der Waals surface area contributed by atoms with Gasteiger partial charge in [0.15, 0.2) is 17.5 Å². The number of quaternary nitrogens is 1. The first kappa shape index (κ1) is 26.5. The van der Waals surface area contributed by atoms with Crippen LogP contribution in [0.25, 0.3) is 6.08 Å². The SMILES string of the molecule is COc1cccc(OCC(O)C[NH+](C)C/C=C/c2ccccc2)c1OC.O=C([O-])C(=O)O. The summed E-state index contributed by atoms with van der Waals surface area (Å²) in [6.07, 6.45) is 3.63. The van der Waals surface area contributed by atoms with E-state index in [2.05, 4.69) is 24.3 Å². The number of aliphatic hydroxyl groups is 1. The molecule has 9 nitrogen and oxygen atoms in total. The number of carbonyl (C=O) groups excluding carboxylic acids is 1. The smallest absolute Gasteiger partial charge is 0.351 e. The third-order valence-corrected chi connectivity index (χ3v) is 4.13. The van der Waals surface area contributed by atoms with Crippen molar-refractivity contribution in [3.63, 3.8) is 0 Å². The van der Waals surface area contributed by atoms with Crippen molar-refractivity contribution in [1.82, 2.24) is 0 Å². The molecule has 2 aromatic carbocycles. The number of carboxylic acid groups (broad SMARTS) is 2. The van der Waals surface area contributed by atoms with Crippen LogP contribution in [-0.4, -0.2) is 69.2 Å². The molecule has 0 heterocycles. The van der Waals surface area contributed by atoms with E-state index in [4.69, 9.17) is 34.0 Å². The van der Waals surface area contributed by atoms with Gasteiger partial charge in [0.1, 0.15) is 19.3 Å². The second kappa shape index (κ2) is 14.4. The highest BCUT2D eigenvalue weighted by Crippen LogP contribution is 2.36. The van der Waals surface area contributed by atoms with Gasteiger partial charge in [0.05, 0.1) is 27.8 Å². The molecular weight excluding hydrogens is 418 g/mol. The Morgan fingerprint density at radius 2 is 1.69 bits per heavy atom. The molecule has 0 fully saturated rings. The van der Waals surface area contributed by atoms with E-state index in [1.807, 2.05) is 31.3 Å². The molecule has 3 N–H and O–H groups in total. The predicted octanol–water partition coefficient (Wildman–Crippen LogP) is -0.507. The molecule has 2 atom stereocenters. The van der Waals surface area contributed by atoms with E-state index in [1.165, 1.54) is 10.5 Å². The van der Waals surface area contributed by atoms with Crippen LogP contribution in [0.2, 0.25) is 0 Å². The van der Waals surface area contributed by atoms with E-state index >= 15 is 0 Å². The number of para-hydroxylation sites is 1. The maximum Gasteiger partial charge on any atom is 0.351 e. The molecule has 0 saturated heterocycles. The number of benzene rings is 2. The van der Waals surface area contributed by atoms with Gasteiger partial charge in [-0.1, -0.05) is 42.5 Å². The van der Waals surface area contributed by atoms with Crippen molar-refractivity contribution in [2.45, 2.75) is 6.10 Å². The Balaban J connectivity index is 0.000000751. The van der Waals surface area contributed by atoms with E-state index in [-0.39, 0.29) is 6.61 Å². The van der Waals surface area contributed by atoms with Crippen LogP contribution in [0.15, 0.2) is 54.6 Å². The van der Waals surface area contributed by atoms with Crippen LogP contribution in [0.4, 0.5) is 0 Å². The minimum Gasteiger partial charge on any atom is -0.539 e. The number of aliphatic carboxylic acids is 2. The summed E-state index contributed by atoms with van der Waals surface area (Å²) in [6.45, 7) is 1.61. The standard InChI is InChI=1S/C21H27NO4.C2H2O4/c1-22(14-8-11-17-9-5-4-6-10-17)15-18(23)16-26-20-13-7-12-19(24-2)21(20)25-3;3-1(4)2(5)6/h4-13,18,23H,14-16H2,1-3H3;(H,3,4)(H,5,6)/b11-8+;. The molecule has 174 valence electrons. The Hall–Kier alpha value is -3.56. The summed E-state index contributed by atoms with van der Waals surface area (Å²) in [7, 11) is 5.20. The maximum absolute atomic E-state index is 10.2. The summed E-state index contributed by atoms with van der Waals surface area (Å²) in [6, 6.07) is 15.6. The van der Waals surface area contributed by atoms with Gasteiger partial charge in [0.2, 0.25) is 5.75 Å². The van der Waals surface area contributed by atoms with Crippen molar-refractivity contribution in [1.29, 1.82) is 0 Å². The Kier molecular flexibility index (Phi) is 12.0. The van der Waals surface area contributed by atoms with Gasteiger partial charge in [-0.25, -0.2) is 4.79 Å². The number of hydrogen-bond donors (Lipinski definition) is 3. The fourth-order valence-corrected chi connectivity index (χ4v) is 2.66. The summed E-state index contributed by atoms with van der Waals surface area (Å²) in [4.78, 5) is 19.2. The topological polar surface area (TPSA) is 130 Å². The number of ether oxygens (including phenoxy) is 3. The first-order chi connectivity index (χ1) is 15.3. The number of hydrogen-bond acceptors (Lipinski definition) is 7. The molecule has 0 aliphatic rings. The molecule has 2 aromatic rings. The molecule has 0 radical (unpaired) electrons. The van der Waals surface area contributed by atoms with Crippen molar-refractivity contribution in [2.24, 2.45) is 0 Å². The normalized spacial score (nSPS) is 12.2. The number of nitrogens with one attached hydrogen (secondary N) is 1. The van der Waals surface area contributed by atoms with E-state index < -0.39 is 18.0 Å². The molecule has 2 rings (SSSR count). The van der Waals surface area contributed by atoms with Crippen molar-refractivity contribution in [3.05, 3.63) is 60.2 Å². The average molecular weight is 447 g/mol. The summed E-state index contributed by atoms with van der Waals surface area (Å²) < 4.78 is 16.3. The van der Waals surface area contributed by atoms with E-state index in [1.54, 1.807) is 26.4 Å². The molecule has 0 aromatic heterocycles. The van der Waals surface area contributed by atoms with Crippen LogP contribution in [0.3, 0.4) is 0 Å². The summed E-state index contributed by atoms with van der Waals surface area (Å²) in [5.41, 5.74) is 1.18. The Labute approximate surface area is 187 Å². The third kappa shape index (κ3) is 9.96. The second-order valence-electron chi connectivity index (χ2n) is 6.73. The van der Waals surface area contributed by atoms with Crippen LogP contribution >= 0.6 is 0 Å². The number of rotatable bonds is 10. The van der Waals surface area contributed by atoms with Gasteiger partial charge in [0, 0.05) is 0 Å². The molecule has 32 heavy (non-hydrogen) atoms. The van der Waals surface area contributed by atoms with Gasteiger partial charge in [0.25, 0.3) is 0 Å². The monoisotopic (exact) mass is 447 g/mol. The lowest BCUT2D eigenvalue weighted by Gasteiger charge is -2.18. The highest BCUT2D eigenvalue weighted by atomic mass is 16.5. The fraction of sp³-hybridized carbons (Fsp3) is 0.304. The van der Waals surface area contributed by atoms with Crippen molar-refractivity contribution >= 4 is 18.0 Å². The highest BCUT2D eigenvalue weighted by molar-refractivity contribution is 6.26. The number of aliphatic hydroxyl groups excluding tert-OH is 1. The van der Waals surface area contributed by atoms with Crippen molar-refractivity contribution < 1.29 is 44.0 Å². The van der Waals surface area contributed by atoms with Gasteiger partial charge in [-0.2, -0.15) is 0 Å². The van der Waals surface area contributed by atoms with Crippen LogP contribution in [0, 0.1) is 0 Å². The van der Waals surface area contributed by atoms with Crippen LogP contribution < -0.4 is 24.2 Å². The summed E-state index contributed by atoms with van der Waals surface area (Å²) in [5, 5.41) is 26.6. The zero-order valence-corrected chi connectivity index (χ0v) is 18.3. The molecule has 0 saturated carbocycles. The lowest BCUT2D eigenvalue weighted by atomic mass is 10.2. The Bertz CT molecular complexity index is 858. The quantitative estimate of drug-likeness (QED) is 0.416. The minimum absolute atomic E-state index is 0.198. The lowest BCUT2D eigenvalue weighted by Crippen LogP contribution is -3.10. The van der Waals surface area contributed by atoms with Crippen LogP contribution in [0.1, 0.15) is 5.56 Å². The number of likely N-dealkylation sites (N-methyl/N-ethyl adjacent to an activating group) is 1. The van der Waals surface area contributed by atoms with Crippen molar-refractivity contribution in [3.8, 4) is 17.2 Å². The molecule has 0 amide bonds. The van der Waals surface area contributed by atoms with Gasteiger partial charge < -0.3 is 39.2 Å². The number of methoxy groups -OCH3 is 2. The zero-order valence-electron chi connectivity index (χ0n) is 18.3. The molecule has 9 heteroatoms. The molecular formula is C23H29NO8. The molecule has 0 bridgehead atoms. The molecule has 2 unspecified atom stereocenters. The largest absolute Gasteiger partial charge is 0.539 e. The number of carboxylic acids is 2. The van der Waals surface area contributed by atoms with E-state index in [9.17, 15) is 5.11 Å². The molecule has 0 aliphatic heterocycles. The first-order valence-electron chi connectivity index (χ1n) is 9.77. The minimum atomic E-state index is -2.07. The van der Waals surface area contributed by atoms with E-state index in [0.717, 1.165) is 6.54 Å². The summed E-state index contributed by atoms with van der Waals surface area (Å²) >= 11 is 0. The van der Waals surface area contributed by atoms with Crippen LogP contribution in [0.5, 0.6) is 17.2 Å². The molecule has 0 spiro atoms. The second-order valence-corrected chi connectivity index (χ2v) is 6.73. The van der Waals surface area contributed by atoms with Gasteiger partial charge >= 0.3 is 5.97 Å². The fourth-order valence-electron chi connectivity index (χ4n) is 2.66. The van der Waals surface area contributed by atoms with E-state index in [0.29, 0.717) is 23.8 Å². The maximum atomic E-state index is 10.2. The van der Waals surface area contributed by atoms with Gasteiger partial charge in [-0.05, 0) is 23.8 Å². The first-order valence-corrected chi connectivity index (χ1v) is 9.77. The Morgan fingerprint density at radius 1 is 1.06 bits per heavy atom.